The van der Waals surface area contributed by atoms with Crippen molar-refractivity contribution in [2.45, 2.75) is 25.1 Å². The third-order valence-electron chi connectivity index (χ3n) is 3.57. The van der Waals surface area contributed by atoms with Crippen LogP contribution in [0.25, 0.3) is 0 Å². The number of rotatable bonds is 2. The van der Waals surface area contributed by atoms with Crippen molar-refractivity contribution in [2.24, 2.45) is 17.6 Å². The molecule has 0 bridgehead atoms. The summed E-state index contributed by atoms with van der Waals surface area (Å²) in [4.78, 5) is 0. The fraction of sp³-hybridized carbons (Fsp3) is 0.500. The molecule has 1 fully saturated rings. The molecule has 1 unspecified atom stereocenters. The summed E-state index contributed by atoms with van der Waals surface area (Å²) in [5, 5.41) is -0.681. The molecule has 0 radical (unpaired) electrons. The van der Waals surface area contributed by atoms with Crippen LogP contribution in [0.15, 0.2) is 12.1 Å². The minimum Gasteiger partial charge on any atom is -0.324 e. The Morgan fingerprint density at radius 1 is 1.20 bits per heavy atom. The molecule has 0 amide bonds. The van der Waals surface area contributed by atoms with Gasteiger partial charge >= 0.3 is 6.18 Å². The Morgan fingerprint density at radius 3 is 2.25 bits per heavy atom. The maximum absolute atomic E-state index is 13.7. The first kappa shape index (κ1) is 17.5. The fourth-order valence-corrected chi connectivity index (χ4v) is 2.45. The van der Waals surface area contributed by atoms with Crippen LogP contribution in [0.1, 0.15) is 24.4 Å². The number of nitrogens with two attached hydrogens (primary N) is 1. The zero-order chi connectivity index (χ0) is 14.4. The van der Waals surface area contributed by atoms with Crippen molar-refractivity contribution in [1.82, 2.24) is 0 Å². The molecule has 2 rings (SSSR count). The van der Waals surface area contributed by atoms with Crippen molar-refractivity contribution in [2.75, 3.05) is 0 Å². The van der Waals surface area contributed by atoms with Gasteiger partial charge in [-0.15, -0.1) is 12.4 Å². The van der Waals surface area contributed by atoms with Crippen LogP contribution in [0.2, 0.25) is 5.02 Å². The van der Waals surface area contributed by atoms with E-state index in [2.05, 4.69) is 0 Å². The molecule has 2 N–H and O–H groups in total. The topological polar surface area (TPSA) is 26.0 Å². The van der Waals surface area contributed by atoms with Gasteiger partial charge < -0.3 is 5.73 Å². The summed E-state index contributed by atoms with van der Waals surface area (Å²) in [6.45, 7) is 0. The van der Waals surface area contributed by atoms with Crippen LogP contribution < -0.4 is 5.73 Å². The highest BCUT2D eigenvalue weighted by Crippen LogP contribution is 2.49. The fourth-order valence-electron chi connectivity index (χ4n) is 2.27. The van der Waals surface area contributed by atoms with Crippen molar-refractivity contribution in [3.63, 3.8) is 0 Å². The Balaban J connectivity index is 0.00000200. The summed E-state index contributed by atoms with van der Waals surface area (Å²) in [7, 11) is 0. The first-order valence-electron chi connectivity index (χ1n) is 5.67. The average molecular weight is 336 g/mol. The van der Waals surface area contributed by atoms with Gasteiger partial charge in [0.05, 0.1) is 5.92 Å². The lowest BCUT2D eigenvalue weighted by Gasteiger charge is -2.40. The first-order chi connectivity index (χ1) is 8.71. The smallest absolute Gasteiger partial charge is 0.324 e. The maximum atomic E-state index is 13.7. The quantitative estimate of drug-likeness (QED) is 0.619. The van der Waals surface area contributed by atoms with E-state index in [1.807, 2.05) is 0 Å². The van der Waals surface area contributed by atoms with Gasteiger partial charge in [-0.2, -0.15) is 13.2 Å². The summed E-state index contributed by atoms with van der Waals surface area (Å²) >= 11 is 5.41. The zero-order valence-corrected chi connectivity index (χ0v) is 11.6. The third-order valence-corrected chi connectivity index (χ3v) is 3.92. The molecule has 1 aliphatic carbocycles. The number of hydrogen-bond acceptors (Lipinski definition) is 1. The molecule has 1 atom stereocenters. The summed E-state index contributed by atoms with van der Waals surface area (Å²) in [6, 6.07) is 1.18. The Bertz CT molecular complexity index is 485. The van der Waals surface area contributed by atoms with Gasteiger partial charge in [-0.3, -0.25) is 0 Å². The summed E-state index contributed by atoms with van der Waals surface area (Å²) in [5.74, 6) is -3.77. The van der Waals surface area contributed by atoms with Crippen LogP contribution in [0.5, 0.6) is 0 Å². The zero-order valence-electron chi connectivity index (χ0n) is 10.1. The monoisotopic (exact) mass is 335 g/mol. The molecule has 1 aromatic rings. The van der Waals surface area contributed by atoms with Crippen LogP contribution >= 0.6 is 24.0 Å². The van der Waals surface area contributed by atoms with Crippen molar-refractivity contribution in [1.29, 1.82) is 0 Å². The van der Waals surface area contributed by atoms with Crippen LogP contribution in [0, 0.1) is 23.5 Å². The van der Waals surface area contributed by atoms with Crippen molar-refractivity contribution in [3.05, 3.63) is 34.4 Å². The normalized spacial score (nSPS) is 23.8. The van der Waals surface area contributed by atoms with E-state index < -0.39 is 40.7 Å². The highest BCUT2D eigenvalue weighted by Gasteiger charge is 2.49. The molecule has 8 heteroatoms. The molecule has 1 nitrogen and oxygen atoms in total. The maximum Gasteiger partial charge on any atom is 0.391 e. The van der Waals surface area contributed by atoms with Gasteiger partial charge in [0.1, 0.15) is 16.7 Å². The molecule has 0 aromatic heterocycles. The number of benzene rings is 1. The number of alkyl halides is 3. The van der Waals surface area contributed by atoms with Gasteiger partial charge in [-0.1, -0.05) is 17.7 Å². The number of hydrogen-bond donors (Lipinski definition) is 1. The molecule has 1 saturated carbocycles. The lowest BCUT2D eigenvalue weighted by molar-refractivity contribution is -0.206. The van der Waals surface area contributed by atoms with E-state index in [0.717, 1.165) is 12.1 Å². The van der Waals surface area contributed by atoms with E-state index in [0.29, 0.717) is 0 Å². The Kier molecular flexibility index (Phi) is 5.27. The van der Waals surface area contributed by atoms with Gasteiger partial charge in [0.2, 0.25) is 0 Å². The molecule has 1 aromatic carbocycles. The Hall–Kier alpha value is -0.590. The highest BCUT2D eigenvalue weighted by molar-refractivity contribution is 6.30. The van der Waals surface area contributed by atoms with E-state index >= 15 is 0 Å². The van der Waals surface area contributed by atoms with Gasteiger partial charge in [0, 0.05) is 11.6 Å². The second kappa shape index (κ2) is 6.03. The first-order valence-corrected chi connectivity index (χ1v) is 6.05. The van der Waals surface area contributed by atoms with Crippen molar-refractivity contribution in [3.8, 4) is 0 Å². The SMILES string of the molecule is Cl.NC(c1ccc(F)c(Cl)c1F)C1CC(C(F)(F)F)C1. The standard InChI is InChI=1S/C12H11ClF5N.ClH/c13-9-8(14)2-1-7(10(9)15)11(19)5-3-6(4-5)12(16,17)18;/h1-2,5-6,11H,3-4,19H2;1H. The van der Waals surface area contributed by atoms with Crippen LogP contribution in [0.4, 0.5) is 22.0 Å². The lowest BCUT2D eigenvalue weighted by Crippen LogP contribution is -2.40. The molecule has 0 aliphatic heterocycles. The third kappa shape index (κ3) is 3.18. The molecule has 1 aliphatic rings. The van der Waals surface area contributed by atoms with Crippen LogP contribution in [-0.4, -0.2) is 6.18 Å². The molecule has 20 heavy (non-hydrogen) atoms. The average Bonchev–Trinajstić information content (AvgIpc) is 2.21. The minimum atomic E-state index is -4.24. The highest BCUT2D eigenvalue weighted by atomic mass is 35.5. The Labute approximate surface area is 123 Å². The second-order valence-corrected chi connectivity index (χ2v) is 5.14. The summed E-state index contributed by atoms with van der Waals surface area (Å²) in [5.41, 5.74) is 5.69. The second-order valence-electron chi connectivity index (χ2n) is 4.76. The Morgan fingerprint density at radius 2 is 1.75 bits per heavy atom. The molecular formula is C12H12Cl2F5N. The van der Waals surface area contributed by atoms with E-state index in [9.17, 15) is 22.0 Å². The lowest BCUT2D eigenvalue weighted by atomic mass is 9.69. The predicted octanol–water partition coefficient (Wildman–Crippen LogP) is 4.63. The van der Waals surface area contributed by atoms with Crippen molar-refractivity contribution < 1.29 is 22.0 Å². The minimum absolute atomic E-state index is 0. The molecule has 0 heterocycles. The van der Waals surface area contributed by atoms with Gasteiger partial charge in [0.15, 0.2) is 0 Å². The van der Waals surface area contributed by atoms with Gasteiger partial charge in [-0.25, -0.2) is 8.78 Å². The van der Waals surface area contributed by atoms with Crippen LogP contribution in [0.3, 0.4) is 0 Å². The molecule has 0 saturated heterocycles. The van der Waals surface area contributed by atoms with Crippen molar-refractivity contribution >= 4 is 24.0 Å². The largest absolute Gasteiger partial charge is 0.391 e. The molecule has 0 spiro atoms. The summed E-state index contributed by atoms with van der Waals surface area (Å²) in [6.07, 6.45) is -4.52. The number of halogens is 7. The summed E-state index contributed by atoms with van der Waals surface area (Å²) < 4.78 is 63.7. The van der Waals surface area contributed by atoms with E-state index in [1.54, 1.807) is 0 Å². The molecular weight excluding hydrogens is 324 g/mol. The van der Waals surface area contributed by atoms with Crippen LogP contribution in [-0.2, 0) is 0 Å². The predicted molar refractivity (Wildman–Crippen MR) is 67.8 cm³/mol. The van der Waals surface area contributed by atoms with E-state index in [4.69, 9.17) is 17.3 Å². The van der Waals surface area contributed by atoms with E-state index in [1.165, 1.54) is 0 Å². The van der Waals surface area contributed by atoms with E-state index in [-0.39, 0.29) is 30.8 Å². The van der Waals surface area contributed by atoms with Gasteiger partial charge in [0.25, 0.3) is 0 Å². The molecule has 114 valence electrons. The van der Waals surface area contributed by atoms with Gasteiger partial charge in [-0.05, 0) is 24.8 Å².